The molecule has 4 heterocycles. The van der Waals surface area contributed by atoms with E-state index in [0.29, 0.717) is 24.3 Å². The van der Waals surface area contributed by atoms with Gasteiger partial charge in [0.25, 0.3) is 5.91 Å². The molecule has 1 aliphatic heterocycles. The van der Waals surface area contributed by atoms with Gasteiger partial charge in [0, 0.05) is 38.3 Å². The lowest BCUT2D eigenvalue weighted by Crippen LogP contribution is -2.45. The number of aromatic nitrogens is 3. The Morgan fingerprint density at radius 1 is 1.09 bits per heavy atom. The van der Waals surface area contributed by atoms with Gasteiger partial charge < -0.3 is 19.5 Å². The van der Waals surface area contributed by atoms with E-state index in [-0.39, 0.29) is 5.91 Å². The third kappa shape index (κ3) is 5.03. The molecule has 34 heavy (non-hydrogen) atoms. The molecule has 0 unspecified atom stereocenters. The second kappa shape index (κ2) is 10.2. The van der Waals surface area contributed by atoms with E-state index in [9.17, 15) is 4.79 Å². The minimum Gasteiger partial charge on any atom is -0.467 e. The zero-order valence-electron chi connectivity index (χ0n) is 19.5. The summed E-state index contributed by atoms with van der Waals surface area (Å²) in [6.07, 6.45) is 4.29. The van der Waals surface area contributed by atoms with Crippen LogP contribution in [0.15, 0.2) is 65.4 Å². The molecule has 1 aliphatic rings. The van der Waals surface area contributed by atoms with Crippen LogP contribution >= 0.6 is 0 Å². The van der Waals surface area contributed by atoms with Crippen molar-refractivity contribution in [3.05, 3.63) is 72.3 Å². The average Bonchev–Trinajstić information content (AvgIpc) is 3.53. The Hall–Kier alpha value is -3.49. The second-order valence-corrected chi connectivity index (χ2v) is 8.79. The Bertz CT molecular complexity index is 1230. The number of likely N-dealkylation sites (N-methyl/N-ethyl adjacent to an activating group) is 1. The highest BCUT2D eigenvalue weighted by atomic mass is 16.3. The van der Waals surface area contributed by atoms with Crippen molar-refractivity contribution in [2.75, 3.05) is 46.3 Å². The number of pyridine rings is 1. The Kier molecular flexibility index (Phi) is 6.69. The van der Waals surface area contributed by atoms with Crippen LogP contribution in [0.2, 0.25) is 0 Å². The fourth-order valence-corrected chi connectivity index (χ4v) is 4.33. The molecule has 8 heteroatoms. The van der Waals surface area contributed by atoms with Crippen LogP contribution in [-0.2, 0) is 6.54 Å². The van der Waals surface area contributed by atoms with Gasteiger partial charge in [-0.3, -0.25) is 4.79 Å². The van der Waals surface area contributed by atoms with Crippen LogP contribution in [0, 0.1) is 0 Å². The van der Waals surface area contributed by atoms with E-state index < -0.39 is 0 Å². The largest absolute Gasteiger partial charge is 0.467 e. The van der Waals surface area contributed by atoms with Gasteiger partial charge in [-0.15, -0.1) is 0 Å². The van der Waals surface area contributed by atoms with E-state index >= 15 is 0 Å². The fourth-order valence-electron chi connectivity index (χ4n) is 4.33. The molecule has 4 aromatic rings. The third-order valence-electron chi connectivity index (χ3n) is 6.34. The van der Waals surface area contributed by atoms with Crippen LogP contribution in [0.3, 0.4) is 0 Å². The van der Waals surface area contributed by atoms with Crippen molar-refractivity contribution >= 4 is 16.9 Å². The lowest BCUT2D eigenvalue weighted by Gasteiger charge is -2.32. The number of carbonyl (C=O) groups excluding carboxylic acids is 1. The summed E-state index contributed by atoms with van der Waals surface area (Å²) in [6, 6.07) is 15.5. The summed E-state index contributed by atoms with van der Waals surface area (Å²) in [5.41, 5.74) is 2.96. The lowest BCUT2D eigenvalue weighted by molar-refractivity contribution is 0.0951. The van der Waals surface area contributed by atoms with Gasteiger partial charge in [0.2, 0.25) is 0 Å². The smallest absolute Gasteiger partial charge is 0.252 e. The first kappa shape index (κ1) is 22.3. The van der Waals surface area contributed by atoms with E-state index in [1.54, 1.807) is 17.1 Å². The maximum absolute atomic E-state index is 13.2. The highest BCUT2D eigenvalue weighted by Gasteiger charge is 2.18. The number of fused-ring (bicyclic) bond motifs is 1. The van der Waals surface area contributed by atoms with E-state index in [1.807, 2.05) is 48.5 Å². The van der Waals surface area contributed by atoms with Crippen LogP contribution in [-0.4, -0.2) is 76.8 Å². The van der Waals surface area contributed by atoms with Crippen molar-refractivity contribution in [2.24, 2.45) is 0 Å². The standard InChI is InChI=1S/C26H30N6O2/c1-30-12-14-31(15-13-30)11-6-10-27-26(33)22-17-24(20-7-3-2-4-8-20)29-25-23(22)18-28-32(25)19-21-9-5-16-34-21/h2-5,7-9,16-18H,6,10-15,19H2,1H3,(H,27,33). The highest BCUT2D eigenvalue weighted by molar-refractivity contribution is 6.06. The van der Waals surface area contributed by atoms with Crippen molar-refractivity contribution in [2.45, 2.75) is 13.0 Å². The van der Waals surface area contributed by atoms with Crippen molar-refractivity contribution in [1.29, 1.82) is 0 Å². The molecule has 1 aromatic carbocycles. The van der Waals surface area contributed by atoms with Gasteiger partial charge in [-0.2, -0.15) is 5.10 Å². The normalized spacial score (nSPS) is 15.1. The van der Waals surface area contributed by atoms with E-state index in [2.05, 4.69) is 27.3 Å². The van der Waals surface area contributed by atoms with Crippen LogP contribution in [0.1, 0.15) is 22.5 Å². The van der Waals surface area contributed by atoms with Crippen molar-refractivity contribution < 1.29 is 9.21 Å². The van der Waals surface area contributed by atoms with Crippen molar-refractivity contribution in [3.63, 3.8) is 0 Å². The highest BCUT2D eigenvalue weighted by Crippen LogP contribution is 2.25. The molecule has 0 bridgehead atoms. The Morgan fingerprint density at radius 2 is 1.91 bits per heavy atom. The quantitative estimate of drug-likeness (QED) is 0.409. The summed E-state index contributed by atoms with van der Waals surface area (Å²) in [6.45, 7) is 6.47. The molecular formula is C26H30N6O2. The molecule has 0 atom stereocenters. The fraction of sp³-hybridized carbons (Fsp3) is 0.346. The summed E-state index contributed by atoms with van der Waals surface area (Å²) in [5, 5.41) is 8.37. The predicted molar refractivity (Wildman–Crippen MR) is 132 cm³/mol. The van der Waals surface area contributed by atoms with Crippen LogP contribution < -0.4 is 5.32 Å². The molecule has 0 spiro atoms. The average molecular weight is 459 g/mol. The molecule has 5 rings (SSSR count). The van der Waals surface area contributed by atoms with Crippen molar-refractivity contribution in [3.8, 4) is 11.3 Å². The molecule has 1 amide bonds. The number of piperazine rings is 1. The monoisotopic (exact) mass is 458 g/mol. The van der Waals surface area contributed by atoms with Gasteiger partial charge in [0.05, 0.1) is 29.1 Å². The van der Waals surface area contributed by atoms with Crippen LogP contribution in [0.4, 0.5) is 0 Å². The van der Waals surface area contributed by atoms with E-state index in [0.717, 1.165) is 61.5 Å². The number of hydrogen-bond donors (Lipinski definition) is 1. The molecule has 8 nitrogen and oxygen atoms in total. The summed E-state index contributed by atoms with van der Waals surface area (Å²) in [7, 11) is 2.16. The number of amides is 1. The maximum atomic E-state index is 13.2. The number of benzene rings is 1. The minimum atomic E-state index is -0.0968. The second-order valence-electron chi connectivity index (χ2n) is 8.79. The molecule has 3 aromatic heterocycles. The van der Waals surface area contributed by atoms with Gasteiger partial charge in [0.15, 0.2) is 5.65 Å². The van der Waals surface area contributed by atoms with Crippen LogP contribution in [0.25, 0.3) is 22.3 Å². The first-order chi connectivity index (χ1) is 16.7. The van der Waals surface area contributed by atoms with Gasteiger partial charge in [-0.05, 0) is 38.2 Å². The first-order valence-electron chi connectivity index (χ1n) is 11.8. The Balaban J connectivity index is 1.35. The van der Waals surface area contributed by atoms with Crippen molar-refractivity contribution in [1.82, 2.24) is 29.9 Å². The Morgan fingerprint density at radius 3 is 2.68 bits per heavy atom. The molecule has 0 saturated carbocycles. The molecule has 176 valence electrons. The van der Waals surface area contributed by atoms with Gasteiger partial charge in [0.1, 0.15) is 12.3 Å². The topological polar surface area (TPSA) is 79.4 Å². The lowest BCUT2D eigenvalue weighted by atomic mass is 10.1. The molecule has 1 saturated heterocycles. The number of furan rings is 1. The number of carbonyl (C=O) groups is 1. The zero-order chi connectivity index (χ0) is 23.3. The van der Waals surface area contributed by atoms with Crippen LogP contribution in [0.5, 0.6) is 0 Å². The first-order valence-corrected chi connectivity index (χ1v) is 11.8. The number of nitrogens with zero attached hydrogens (tertiary/aromatic N) is 5. The summed E-state index contributed by atoms with van der Waals surface area (Å²) in [4.78, 5) is 22.9. The third-order valence-corrected chi connectivity index (χ3v) is 6.34. The summed E-state index contributed by atoms with van der Waals surface area (Å²) in [5.74, 6) is 0.687. The van der Waals surface area contributed by atoms with Gasteiger partial charge >= 0.3 is 0 Å². The van der Waals surface area contributed by atoms with E-state index in [1.165, 1.54) is 0 Å². The molecule has 0 aliphatic carbocycles. The zero-order valence-corrected chi connectivity index (χ0v) is 19.5. The molecule has 1 fully saturated rings. The van der Waals surface area contributed by atoms with Gasteiger partial charge in [-0.25, -0.2) is 9.67 Å². The molecular weight excluding hydrogens is 428 g/mol. The molecule has 0 radical (unpaired) electrons. The number of rotatable bonds is 8. The predicted octanol–water partition coefficient (Wildman–Crippen LogP) is 3.11. The Labute approximate surface area is 199 Å². The summed E-state index contributed by atoms with van der Waals surface area (Å²) < 4.78 is 7.28. The number of hydrogen-bond acceptors (Lipinski definition) is 6. The minimum absolute atomic E-state index is 0.0968. The SMILES string of the molecule is CN1CCN(CCCNC(=O)c2cc(-c3ccccc3)nc3c2cnn3Cc2ccco2)CC1. The van der Waals surface area contributed by atoms with E-state index in [4.69, 9.17) is 9.40 Å². The van der Waals surface area contributed by atoms with Gasteiger partial charge in [-0.1, -0.05) is 30.3 Å². The summed E-state index contributed by atoms with van der Waals surface area (Å²) >= 11 is 0. The maximum Gasteiger partial charge on any atom is 0.252 e. The molecule has 1 N–H and O–H groups in total. The number of nitrogens with one attached hydrogen (secondary N) is 1.